The van der Waals surface area contributed by atoms with E-state index in [0.29, 0.717) is 6.54 Å². The van der Waals surface area contributed by atoms with Gasteiger partial charge in [0.05, 0.1) is 11.8 Å². The first-order valence-corrected chi connectivity index (χ1v) is 11.2. The van der Waals surface area contributed by atoms with Crippen molar-refractivity contribution in [3.63, 3.8) is 0 Å². The van der Waals surface area contributed by atoms with Crippen LogP contribution in [0, 0.1) is 5.82 Å². The maximum Gasteiger partial charge on any atom is 0.239 e. The summed E-state index contributed by atoms with van der Waals surface area (Å²) < 4.78 is 35.7. The summed E-state index contributed by atoms with van der Waals surface area (Å²) in [6, 6.07) is 6.06. The van der Waals surface area contributed by atoms with Gasteiger partial charge in [-0.05, 0) is 43.4 Å². The van der Waals surface area contributed by atoms with Gasteiger partial charge in [-0.2, -0.15) is 0 Å². The number of hydrogen-bond donors (Lipinski definition) is 3. The van der Waals surface area contributed by atoms with Gasteiger partial charge in [0.2, 0.25) is 5.91 Å². The molecule has 1 saturated heterocycles. The number of hydrazine groups is 1. The molecule has 10 heteroatoms. The number of amides is 1. The number of nitrogens with zero attached hydrogens (tertiary/aromatic N) is 1. The Labute approximate surface area is 172 Å². The lowest BCUT2D eigenvalue weighted by Crippen LogP contribution is -2.43. The SMILES string of the molecule is CN(CCCC1CC(c2cccc(F)c2)NN1)C(=O)C(N)CCS(C)(=O)=O.Cl. The summed E-state index contributed by atoms with van der Waals surface area (Å²) in [5.74, 6) is -0.578. The highest BCUT2D eigenvalue weighted by Crippen LogP contribution is 2.24. The third-order valence-corrected chi connectivity index (χ3v) is 5.75. The molecule has 0 aliphatic carbocycles. The summed E-state index contributed by atoms with van der Waals surface area (Å²) in [6.07, 6.45) is 3.75. The van der Waals surface area contributed by atoms with Crippen molar-refractivity contribution in [3.8, 4) is 0 Å². The molecule has 0 radical (unpaired) electrons. The van der Waals surface area contributed by atoms with Crippen molar-refractivity contribution >= 4 is 28.2 Å². The van der Waals surface area contributed by atoms with E-state index in [9.17, 15) is 17.6 Å². The molecule has 3 atom stereocenters. The van der Waals surface area contributed by atoms with Crippen molar-refractivity contribution in [2.24, 2.45) is 5.73 Å². The van der Waals surface area contributed by atoms with Crippen molar-refractivity contribution in [2.75, 3.05) is 25.6 Å². The monoisotopic (exact) mass is 436 g/mol. The second kappa shape index (κ2) is 11.1. The van der Waals surface area contributed by atoms with Crippen LogP contribution in [0.2, 0.25) is 0 Å². The lowest BCUT2D eigenvalue weighted by molar-refractivity contribution is -0.131. The van der Waals surface area contributed by atoms with E-state index in [1.807, 2.05) is 6.07 Å². The average Bonchev–Trinajstić information content (AvgIpc) is 3.07. The van der Waals surface area contributed by atoms with Gasteiger partial charge in [0.15, 0.2) is 0 Å². The predicted octanol–water partition coefficient (Wildman–Crippen LogP) is 1.16. The maximum absolute atomic E-state index is 13.3. The smallest absolute Gasteiger partial charge is 0.239 e. The van der Waals surface area contributed by atoms with Crippen LogP contribution in [0.15, 0.2) is 24.3 Å². The van der Waals surface area contributed by atoms with E-state index in [2.05, 4.69) is 10.9 Å². The zero-order valence-electron chi connectivity index (χ0n) is 16.2. The number of carbonyl (C=O) groups is 1. The first-order chi connectivity index (χ1) is 12.7. The molecule has 1 aromatic rings. The summed E-state index contributed by atoms with van der Waals surface area (Å²) >= 11 is 0. The van der Waals surface area contributed by atoms with E-state index in [-0.39, 0.29) is 48.4 Å². The van der Waals surface area contributed by atoms with E-state index in [1.54, 1.807) is 18.0 Å². The Morgan fingerprint density at radius 2 is 2.11 bits per heavy atom. The van der Waals surface area contributed by atoms with E-state index in [0.717, 1.165) is 31.1 Å². The lowest BCUT2D eigenvalue weighted by Gasteiger charge is -2.21. The molecular weight excluding hydrogens is 407 g/mol. The molecule has 1 aromatic carbocycles. The van der Waals surface area contributed by atoms with E-state index < -0.39 is 15.9 Å². The van der Waals surface area contributed by atoms with Gasteiger partial charge in [0.25, 0.3) is 0 Å². The van der Waals surface area contributed by atoms with Crippen molar-refractivity contribution < 1.29 is 17.6 Å². The molecule has 1 amide bonds. The Morgan fingerprint density at radius 3 is 2.75 bits per heavy atom. The summed E-state index contributed by atoms with van der Waals surface area (Å²) in [7, 11) is -1.45. The van der Waals surface area contributed by atoms with E-state index in [1.165, 1.54) is 12.1 Å². The molecule has 2 rings (SSSR count). The molecule has 1 aliphatic heterocycles. The van der Waals surface area contributed by atoms with Gasteiger partial charge in [-0.25, -0.2) is 12.8 Å². The Balaban J connectivity index is 0.00000392. The second-order valence-electron chi connectivity index (χ2n) is 7.26. The Morgan fingerprint density at radius 1 is 1.39 bits per heavy atom. The molecule has 160 valence electrons. The molecule has 0 saturated carbocycles. The number of hydrogen-bond acceptors (Lipinski definition) is 6. The summed E-state index contributed by atoms with van der Waals surface area (Å²) in [5.41, 5.74) is 13.1. The largest absolute Gasteiger partial charge is 0.344 e. The summed E-state index contributed by atoms with van der Waals surface area (Å²) in [5, 5.41) is 0. The molecule has 1 aliphatic rings. The molecule has 28 heavy (non-hydrogen) atoms. The fraction of sp³-hybridized carbons (Fsp3) is 0.611. The maximum atomic E-state index is 13.3. The Bertz CT molecular complexity index is 750. The number of sulfone groups is 1. The van der Waals surface area contributed by atoms with Crippen molar-refractivity contribution in [2.45, 2.75) is 43.8 Å². The van der Waals surface area contributed by atoms with Crippen LogP contribution in [0.25, 0.3) is 0 Å². The summed E-state index contributed by atoms with van der Waals surface area (Å²) in [4.78, 5) is 13.8. The van der Waals surface area contributed by atoms with Crippen LogP contribution in [0.5, 0.6) is 0 Å². The highest BCUT2D eigenvalue weighted by molar-refractivity contribution is 7.90. The minimum absolute atomic E-state index is 0. The van der Waals surface area contributed by atoms with Crippen LogP contribution in [-0.4, -0.2) is 56.9 Å². The van der Waals surface area contributed by atoms with Gasteiger partial charge in [-0.1, -0.05) is 12.1 Å². The fourth-order valence-electron chi connectivity index (χ4n) is 3.19. The van der Waals surface area contributed by atoms with Crippen molar-refractivity contribution in [1.82, 2.24) is 15.8 Å². The predicted molar refractivity (Wildman–Crippen MR) is 110 cm³/mol. The first kappa shape index (κ1) is 24.8. The van der Waals surface area contributed by atoms with E-state index >= 15 is 0 Å². The van der Waals surface area contributed by atoms with E-state index in [4.69, 9.17) is 5.73 Å². The average molecular weight is 437 g/mol. The highest BCUT2D eigenvalue weighted by atomic mass is 35.5. The third-order valence-electron chi connectivity index (χ3n) is 4.77. The standard InChI is InChI=1S/C18H29FN4O3S.ClH/c1-23(18(24)16(20)8-10-27(2,25)26)9-4-7-15-12-17(22-21-15)13-5-3-6-14(19)11-13;/h3,5-6,11,15-17,21-22H,4,7-10,12,20H2,1-2H3;1H. The molecule has 4 N–H and O–H groups in total. The van der Waals surface area contributed by atoms with Gasteiger partial charge in [0.1, 0.15) is 15.7 Å². The fourth-order valence-corrected chi connectivity index (χ4v) is 3.87. The zero-order valence-corrected chi connectivity index (χ0v) is 17.9. The highest BCUT2D eigenvalue weighted by Gasteiger charge is 2.25. The zero-order chi connectivity index (χ0) is 20.0. The van der Waals surface area contributed by atoms with Gasteiger partial charge >= 0.3 is 0 Å². The third kappa shape index (κ3) is 8.00. The Hall–Kier alpha value is -1.26. The lowest BCUT2D eigenvalue weighted by atomic mass is 9.99. The number of carbonyl (C=O) groups excluding carboxylic acids is 1. The van der Waals surface area contributed by atoms with Gasteiger partial charge < -0.3 is 10.6 Å². The normalized spacial score (nSPS) is 20.4. The number of benzene rings is 1. The molecule has 0 bridgehead atoms. The molecule has 1 fully saturated rings. The quantitative estimate of drug-likeness (QED) is 0.536. The minimum Gasteiger partial charge on any atom is -0.344 e. The number of halogens is 2. The number of nitrogens with two attached hydrogens (primary N) is 1. The first-order valence-electron chi connectivity index (χ1n) is 9.10. The van der Waals surface area contributed by atoms with Gasteiger partial charge in [-0.3, -0.25) is 15.6 Å². The van der Waals surface area contributed by atoms with Gasteiger partial charge in [0, 0.05) is 31.9 Å². The number of likely N-dealkylation sites (N-methyl/N-ethyl adjacent to an activating group) is 1. The van der Waals surface area contributed by atoms with Crippen LogP contribution in [-0.2, 0) is 14.6 Å². The molecule has 3 unspecified atom stereocenters. The number of nitrogens with one attached hydrogen (secondary N) is 2. The van der Waals surface area contributed by atoms with Crippen LogP contribution < -0.4 is 16.6 Å². The molecule has 0 aromatic heterocycles. The Kier molecular flexibility index (Phi) is 9.79. The molecule has 1 heterocycles. The van der Waals surface area contributed by atoms with Gasteiger partial charge in [-0.15, -0.1) is 12.4 Å². The summed E-state index contributed by atoms with van der Waals surface area (Å²) in [6.45, 7) is 0.550. The molecular formula is C18H30ClFN4O3S. The van der Waals surface area contributed by atoms with Crippen LogP contribution in [0.1, 0.15) is 37.3 Å². The topological polar surface area (TPSA) is 105 Å². The van der Waals surface area contributed by atoms with Crippen LogP contribution in [0.4, 0.5) is 4.39 Å². The molecule has 7 nitrogen and oxygen atoms in total. The minimum atomic E-state index is -3.13. The van der Waals surface area contributed by atoms with Crippen molar-refractivity contribution in [1.29, 1.82) is 0 Å². The second-order valence-corrected chi connectivity index (χ2v) is 9.52. The van der Waals surface area contributed by atoms with Crippen LogP contribution >= 0.6 is 12.4 Å². The molecule has 0 spiro atoms. The van der Waals surface area contributed by atoms with Crippen molar-refractivity contribution in [3.05, 3.63) is 35.6 Å². The number of rotatable bonds is 9. The van der Waals surface area contributed by atoms with Crippen LogP contribution in [0.3, 0.4) is 0 Å².